The molecule has 4 rings (SSSR count). The summed E-state index contributed by atoms with van der Waals surface area (Å²) in [6, 6.07) is 7.47. The molecule has 4 aromatic rings. The Kier molecular flexibility index (Phi) is 4.36. The van der Waals surface area contributed by atoms with Crippen molar-refractivity contribution in [3.8, 4) is 11.8 Å². The fraction of sp³-hybridized carbons (Fsp3) is 0.111. The predicted octanol–water partition coefficient (Wildman–Crippen LogP) is 2.01. The van der Waals surface area contributed by atoms with E-state index in [0.29, 0.717) is 35.0 Å². The number of H-pyrrole nitrogens is 1. The number of hydrogen-bond donors (Lipinski definition) is 3. The first kappa shape index (κ1) is 16.9. The molecule has 0 aliphatic rings. The average molecular weight is 380 g/mol. The molecule has 0 spiro atoms. The molecule has 3 heterocycles. The summed E-state index contributed by atoms with van der Waals surface area (Å²) < 4.78 is 1.53. The Morgan fingerprint density at radius 3 is 3.04 bits per heavy atom. The highest BCUT2D eigenvalue weighted by Gasteiger charge is 2.10. The van der Waals surface area contributed by atoms with E-state index >= 15 is 0 Å². The SMILES string of the molecule is Nc1c(Cl)cnn2c(C#CCCNC(=O)c3nc4ccccc4[nH]3)cnc12. The Balaban J connectivity index is 1.38. The lowest BCUT2D eigenvalue weighted by Gasteiger charge is -1.99. The van der Waals surface area contributed by atoms with Crippen molar-refractivity contribution >= 4 is 39.9 Å². The minimum absolute atomic E-state index is 0.271. The molecule has 9 heteroatoms. The van der Waals surface area contributed by atoms with Gasteiger partial charge in [0.15, 0.2) is 11.5 Å². The van der Waals surface area contributed by atoms with Crippen molar-refractivity contribution in [1.82, 2.24) is 29.9 Å². The third-order valence-corrected chi connectivity index (χ3v) is 4.18. The number of benzene rings is 1. The van der Waals surface area contributed by atoms with Crippen LogP contribution in [0.1, 0.15) is 22.7 Å². The number of hydrogen-bond acceptors (Lipinski definition) is 5. The Bertz CT molecular complexity index is 1180. The lowest BCUT2D eigenvalue weighted by molar-refractivity contribution is 0.0945. The number of amides is 1. The van der Waals surface area contributed by atoms with Crippen LogP contribution in [-0.2, 0) is 0 Å². The van der Waals surface area contributed by atoms with E-state index in [1.54, 1.807) is 6.20 Å². The molecule has 0 radical (unpaired) electrons. The van der Waals surface area contributed by atoms with E-state index in [1.807, 2.05) is 24.3 Å². The van der Waals surface area contributed by atoms with E-state index in [4.69, 9.17) is 17.3 Å². The van der Waals surface area contributed by atoms with E-state index < -0.39 is 0 Å². The molecule has 8 nitrogen and oxygen atoms in total. The number of nitrogen functional groups attached to an aromatic ring is 1. The Morgan fingerprint density at radius 2 is 2.19 bits per heavy atom. The molecule has 0 fully saturated rings. The molecular formula is C18H14ClN7O. The van der Waals surface area contributed by atoms with Gasteiger partial charge in [-0.15, -0.1) is 0 Å². The lowest BCUT2D eigenvalue weighted by Crippen LogP contribution is -2.25. The largest absolute Gasteiger partial charge is 0.394 e. The molecule has 1 aromatic carbocycles. The number of nitrogens with zero attached hydrogens (tertiary/aromatic N) is 4. The molecule has 27 heavy (non-hydrogen) atoms. The average Bonchev–Trinajstić information content (AvgIpc) is 3.29. The highest BCUT2D eigenvalue weighted by molar-refractivity contribution is 6.33. The fourth-order valence-corrected chi connectivity index (χ4v) is 2.68. The summed E-state index contributed by atoms with van der Waals surface area (Å²) in [5.41, 5.74) is 8.85. The van der Waals surface area contributed by atoms with Crippen LogP contribution < -0.4 is 11.1 Å². The van der Waals surface area contributed by atoms with Crippen LogP contribution in [0, 0.1) is 11.8 Å². The van der Waals surface area contributed by atoms with Gasteiger partial charge in [-0.3, -0.25) is 4.79 Å². The van der Waals surface area contributed by atoms with Gasteiger partial charge >= 0.3 is 0 Å². The van der Waals surface area contributed by atoms with E-state index in [1.165, 1.54) is 10.7 Å². The summed E-state index contributed by atoms with van der Waals surface area (Å²) in [6.07, 6.45) is 3.49. The van der Waals surface area contributed by atoms with Gasteiger partial charge in [-0.1, -0.05) is 29.7 Å². The maximum Gasteiger partial charge on any atom is 0.287 e. The fourth-order valence-electron chi connectivity index (χ4n) is 2.55. The van der Waals surface area contributed by atoms with Gasteiger partial charge in [0.1, 0.15) is 5.69 Å². The number of nitrogens with two attached hydrogens (primary N) is 1. The second-order valence-corrected chi connectivity index (χ2v) is 6.10. The third kappa shape index (κ3) is 3.28. The Morgan fingerprint density at radius 1 is 1.33 bits per heavy atom. The maximum absolute atomic E-state index is 12.1. The number of rotatable bonds is 3. The number of nitrogens with one attached hydrogen (secondary N) is 2. The number of para-hydroxylation sites is 2. The summed E-state index contributed by atoms with van der Waals surface area (Å²) in [4.78, 5) is 23.6. The number of carbonyl (C=O) groups excluding carboxylic acids is 1. The number of aromatic amines is 1. The molecule has 4 N–H and O–H groups in total. The number of aromatic nitrogens is 5. The second kappa shape index (κ2) is 6.97. The van der Waals surface area contributed by atoms with Gasteiger partial charge in [-0.25, -0.2) is 14.5 Å². The number of fused-ring (bicyclic) bond motifs is 2. The normalized spacial score (nSPS) is 10.7. The topological polar surface area (TPSA) is 114 Å². The van der Waals surface area contributed by atoms with Crippen LogP contribution in [0.4, 0.5) is 5.69 Å². The monoisotopic (exact) mass is 379 g/mol. The standard InChI is InChI=1S/C18H14ClN7O/c19-12-10-23-26-11(9-22-17(26)15(12)20)5-3-4-8-21-18(27)16-24-13-6-1-2-7-14(13)25-16/h1-2,6-7,9-10H,4,8,20H2,(H,21,27)(H,24,25). The van der Waals surface area contributed by atoms with E-state index in [-0.39, 0.29) is 11.7 Å². The molecule has 0 saturated heterocycles. The van der Waals surface area contributed by atoms with Gasteiger partial charge in [0.2, 0.25) is 0 Å². The summed E-state index contributed by atoms with van der Waals surface area (Å²) in [5.74, 6) is 5.95. The van der Waals surface area contributed by atoms with Crippen LogP contribution in [-0.4, -0.2) is 37.0 Å². The van der Waals surface area contributed by atoms with E-state index in [9.17, 15) is 4.79 Å². The van der Waals surface area contributed by atoms with Crippen molar-refractivity contribution < 1.29 is 4.79 Å². The highest BCUT2D eigenvalue weighted by Crippen LogP contribution is 2.21. The quantitative estimate of drug-likeness (QED) is 0.372. The number of halogens is 1. The van der Waals surface area contributed by atoms with Crippen molar-refractivity contribution in [2.45, 2.75) is 6.42 Å². The van der Waals surface area contributed by atoms with Crippen molar-refractivity contribution in [2.75, 3.05) is 12.3 Å². The maximum atomic E-state index is 12.1. The minimum atomic E-state index is -0.271. The predicted molar refractivity (Wildman–Crippen MR) is 102 cm³/mol. The molecule has 0 aliphatic carbocycles. The molecule has 0 unspecified atom stereocenters. The molecule has 0 saturated carbocycles. The summed E-state index contributed by atoms with van der Waals surface area (Å²) in [6.45, 7) is 0.390. The molecule has 0 atom stereocenters. The third-order valence-electron chi connectivity index (χ3n) is 3.88. The van der Waals surface area contributed by atoms with Gasteiger partial charge in [0, 0.05) is 13.0 Å². The van der Waals surface area contributed by atoms with Crippen LogP contribution >= 0.6 is 11.6 Å². The smallest absolute Gasteiger partial charge is 0.287 e. The second-order valence-electron chi connectivity index (χ2n) is 5.70. The molecule has 0 aliphatic heterocycles. The zero-order chi connectivity index (χ0) is 18.8. The Hall–Kier alpha value is -3.57. The summed E-state index contributed by atoms with van der Waals surface area (Å²) in [7, 11) is 0. The van der Waals surface area contributed by atoms with Crippen LogP contribution in [0.2, 0.25) is 5.02 Å². The van der Waals surface area contributed by atoms with Gasteiger partial charge in [-0.05, 0) is 18.1 Å². The summed E-state index contributed by atoms with van der Waals surface area (Å²) in [5, 5.41) is 7.28. The molecule has 0 bridgehead atoms. The van der Waals surface area contributed by atoms with E-state index in [2.05, 4.69) is 37.2 Å². The summed E-state index contributed by atoms with van der Waals surface area (Å²) >= 11 is 5.92. The van der Waals surface area contributed by atoms with Gasteiger partial charge in [0.05, 0.1) is 34.1 Å². The Labute approximate surface area is 158 Å². The van der Waals surface area contributed by atoms with Crippen molar-refractivity contribution in [3.05, 3.63) is 53.2 Å². The van der Waals surface area contributed by atoms with Gasteiger partial charge in [-0.2, -0.15) is 5.10 Å². The zero-order valence-electron chi connectivity index (χ0n) is 14.0. The van der Waals surface area contributed by atoms with E-state index in [0.717, 1.165) is 11.0 Å². The van der Waals surface area contributed by atoms with Crippen LogP contribution in [0.25, 0.3) is 16.7 Å². The molecule has 1 amide bonds. The van der Waals surface area contributed by atoms with Crippen LogP contribution in [0.5, 0.6) is 0 Å². The first-order chi connectivity index (χ1) is 13.1. The van der Waals surface area contributed by atoms with Gasteiger partial charge < -0.3 is 16.0 Å². The van der Waals surface area contributed by atoms with Crippen molar-refractivity contribution in [2.24, 2.45) is 0 Å². The molecular weight excluding hydrogens is 366 g/mol. The van der Waals surface area contributed by atoms with Crippen LogP contribution in [0.15, 0.2) is 36.7 Å². The first-order valence-electron chi connectivity index (χ1n) is 8.13. The minimum Gasteiger partial charge on any atom is -0.394 e. The zero-order valence-corrected chi connectivity index (χ0v) is 14.8. The number of imidazole rings is 2. The molecule has 3 aromatic heterocycles. The van der Waals surface area contributed by atoms with Crippen molar-refractivity contribution in [1.29, 1.82) is 0 Å². The van der Waals surface area contributed by atoms with Crippen LogP contribution in [0.3, 0.4) is 0 Å². The highest BCUT2D eigenvalue weighted by atomic mass is 35.5. The first-order valence-corrected chi connectivity index (χ1v) is 8.51. The number of anilines is 1. The van der Waals surface area contributed by atoms with Crippen molar-refractivity contribution in [3.63, 3.8) is 0 Å². The number of carbonyl (C=O) groups is 1. The lowest BCUT2D eigenvalue weighted by atomic mass is 10.3. The molecule has 134 valence electrons. The van der Waals surface area contributed by atoms with Gasteiger partial charge in [0.25, 0.3) is 5.91 Å².